The lowest BCUT2D eigenvalue weighted by atomic mass is 10.1. The predicted octanol–water partition coefficient (Wildman–Crippen LogP) is 3.27. The van der Waals surface area contributed by atoms with Crippen molar-refractivity contribution in [3.8, 4) is 16.9 Å². The summed E-state index contributed by atoms with van der Waals surface area (Å²) in [5, 5.41) is 7.92. The third-order valence-electron chi connectivity index (χ3n) is 4.44. The van der Waals surface area contributed by atoms with E-state index in [-0.39, 0.29) is 39.2 Å². The number of nitrogens with one attached hydrogen (secondary N) is 1. The maximum atomic E-state index is 13.9. The van der Waals surface area contributed by atoms with Gasteiger partial charge < -0.3 is 15.5 Å². The average Bonchev–Trinajstić information content (AvgIpc) is 3.31. The monoisotopic (exact) mass is 452 g/mol. The van der Waals surface area contributed by atoms with Crippen LogP contribution in [-0.2, 0) is 11.3 Å². The molecule has 3 aromatic heterocycles. The highest BCUT2D eigenvalue weighted by molar-refractivity contribution is 6.03. The number of rotatable bonds is 6. The average molecular weight is 452 g/mol. The Morgan fingerprint density at radius 2 is 1.94 bits per heavy atom. The number of H-pyrrole nitrogens is 1. The number of hydrogen-bond donors (Lipinski definition) is 2. The molecule has 0 aliphatic carbocycles. The van der Waals surface area contributed by atoms with Gasteiger partial charge in [-0.2, -0.15) is 13.2 Å². The third kappa shape index (κ3) is 4.14. The summed E-state index contributed by atoms with van der Waals surface area (Å²) in [4.78, 5) is 18.7. The van der Waals surface area contributed by atoms with Crippen LogP contribution in [0, 0.1) is 11.6 Å². The molecule has 0 bridgehead atoms. The first-order valence-electron chi connectivity index (χ1n) is 8.96. The summed E-state index contributed by atoms with van der Waals surface area (Å²) in [5.74, 6) is -3.10. The molecule has 166 valence electrons. The molecule has 0 atom stereocenters. The summed E-state index contributed by atoms with van der Waals surface area (Å²) in [6, 6.07) is 4.75. The number of carbonyl (C=O) groups is 1. The molecule has 0 radical (unpaired) electrons. The number of halogens is 5. The van der Waals surface area contributed by atoms with E-state index in [1.807, 2.05) is 0 Å². The second kappa shape index (κ2) is 8.00. The highest BCUT2D eigenvalue weighted by Gasteiger charge is 2.27. The van der Waals surface area contributed by atoms with Crippen molar-refractivity contribution in [2.45, 2.75) is 12.8 Å². The molecule has 0 fully saturated rings. The van der Waals surface area contributed by atoms with Crippen molar-refractivity contribution in [3.05, 3.63) is 59.7 Å². The Hall–Kier alpha value is -3.87. The summed E-state index contributed by atoms with van der Waals surface area (Å²) in [7, 11) is 0. The van der Waals surface area contributed by atoms with Crippen molar-refractivity contribution >= 4 is 16.8 Å². The fourth-order valence-electron chi connectivity index (χ4n) is 3.13. The fourth-order valence-corrected chi connectivity index (χ4v) is 3.13. The van der Waals surface area contributed by atoms with Crippen LogP contribution in [0.15, 0.2) is 36.7 Å². The van der Waals surface area contributed by atoms with Crippen molar-refractivity contribution in [1.29, 1.82) is 0 Å². The number of benzene rings is 1. The van der Waals surface area contributed by atoms with Gasteiger partial charge in [0.15, 0.2) is 17.3 Å². The van der Waals surface area contributed by atoms with Crippen LogP contribution in [0.25, 0.3) is 27.8 Å². The molecule has 1 amide bonds. The number of hydrogen-bond acceptors (Lipinski definition) is 5. The van der Waals surface area contributed by atoms with E-state index in [1.54, 1.807) is 0 Å². The number of carbonyl (C=O) groups excluding carboxylic acids is 1. The second-order valence-corrected chi connectivity index (χ2v) is 6.69. The highest BCUT2D eigenvalue weighted by atomic mass is 19.4. The van der Waals surface area contributed by atoms with Crippen molar-refractivity contribution in [1.82, 2.24) is 25.0 Å². The quantitative estimate of drug-likeness (QED) is 0.436. The van der Waals surface area contributed by atoms with Crippen molar-refractivity contribution in [2.75, 3.05) is 6.61 Å². The van der Waals surface area contributed by atoms with E-state index >= 15 is 0 Å². The largest absolute Gasteiger partial charge is 0.411 e. The molecule has 4 rings (SSSR count). The van der Waals surface area contributed by atoms with Crippen LogP contribution >= 0.6 is 0 Å². The molecule has 0 saturated heterocycles. The molecule has 0 spiro atoms. The molecule has 0 unspecified atom stereocenters. The lowest BCUT2D eigenvalue weighted by Gasteiger charge is -2.10. The number of pyridine rings is 1. The molecule has 0 aliphatic rings. The van der Waals surface area contributed by atoms with Gasteiger partial charge in [0, 0.05) is 34.9 Å². The van der Waals surface area contributed by atoms with Gasteiger partial charge in [0.1, 0.15) is 12.3 Å². The molecule has 4 aromatic rings. The first-order chi connectivity index (χ1) is 15.1. The van der Waals surface area contributed by atoms with Crippen LogP contribution < -0.4 is 5.73 Å². The minimum absolute atomic E-state index is 0.0723. The summed E-state index contributed by atoms with van der Waals surface area (Å²) in [5.41, 5.74) is 6.16. The molecular weight excluding hydrogens is 439 g/mol. The number of primary amides is 1. The number of nitrogens with two attached hydrogens (primary N) is 1. The van der Waals surface area contributed by atoms with E-state index in [0.29, 0.717) is 0 Å². The number of ether oxygens (including phenoxy) is 1. The van der Waals surface area contributed by atoms with Gasteiger partial charge in [-0.25, -0.2) is 13.5 Å². The Labute approximate surface area is 175 Å². The van der Waals surface area contributed by atoms with E-state index in [0.717, 1.165) is 12.1 Å². The van der Waals surface area contributed by atoms with Crippen molar-refractivity contribution in [3.63, 3.8) is 0 Å². The van der Waals surface area contributed by atoms with E-state index in [2.05, 4.69) is 25.0 Å². The topological polar surface area (TPSA) is 112 Å². The molecule has 13 heteroatoms. The third-order valence-corrected chi connectivity index (χ3v) is 4.44. The molecule has 32 heavy (non-hydrogen) atoms. The molecule has 0 aliphatic heterocycles. The first kappa shape index (κ1) is 21.4. The summed E-state index contributed by atoms with van der Waals surface area (Å²) >= 11 is 0. The van der Waals surface area contributed by atoms with Crippen LogP contribution in [0.4, 0.5) is 22.0 Å². The van der Waals surface area contributed by atoms with E-state index in [1.165, 1.54) is 29.2 Å². The Morgan fingerprint density at radius 1 is 1.19 bits per heavy atom. The molecule has 1 aromatic carbocycles. The SMILES string of the molecule is NC(=O)c1nnn(-c2ccnc(COCC(F)(F)F)c2)c1-c1c[nH]c2cc(F)c(F)cc12. The van der Waals surface area contributed by atoms with Crippen LogP contribution in [0.2, 0.25) is 0 Å². The second-order valence-electron chi connectivity index (χ2n) is 6.69. The predicted molar refractivity (Wildman–Crippen MR) is 101 cm³/mol. The van der Waals surface area contributed by atoms with Crippen LogP contribution in [0.1, 0.15) is 16.2 Å². The zero-order valence-corrected chi connectivity index (χ0v) is 16.0. The number of nitrogens with zero attached hydrogens (tertiary/aromatic N) is 4. The van der Waals surface area contributed by atoms with E-state index in [9.17, 15) is 26.7 Å². The van der Waals surface area contributed by atoms with E-state index < -0.39 is 36.9 Å². The lowest BCUT2D eigenvalue weighted by Crippen LogP contribution is -2.17. The Kier molecular flexibility index (Phi) is 5.34. The molecule has 8 nitrogen and oxygen atoms in total. The van der Waals surface area contributed by atoms with Crippen LogP contribution in [0.3, 0.4) is 0 Å². The Balaban J connectivity index is 1.79. The molecule has 3 heterocycles. The van der Waals surface area contributed by atoms with Gasteiger partial charge in [-0.1, -0.05) is 5.21 Å². The van der Waals surface area contributed by atoms with Crippen LogP contribution in [-0.4, -0.2) is 43.7 Å². The van der Waals surface area contributed by atoms with Gasteiger partial charge in [0.2, 0.25) is 0 Å². The highest BCUT2D eigenvalue weighted by Crippen LogP contribution is 2.33. The van der Waals surface area contributed by atoms with Gasteiger partial charge in [-0.05, 0) is 18.2 Å². The summed E-state index contributed by atoms with van der Waals surface area (Å²) in [6.07, 6.45) is -1.78. The van der Waals surface area contributed by atoms with Gasteiger partial charge in [-0.3, -0.25) is 9.78 Å². The Bertz CT molecular complexity index is 1310. The van der Waals surface area contributed by atoms with Gasteiger partial charge in [0.05, 0.1) is 18.0 Å². The molecule has 3 N–H and O–H groups in total. The number of aromatic amines is 1. The smallest absolute Gasteiger partial charge is 0.366 e. The van der Waals surface area contributed by atoms with Crippen molar-refractivity contribution < 1.29 is 31.5 Å². The minimum atomic E-state index is -4.49. The fraction of sp³-hybridized carbons (Fsp3) is 0.158. The standard InChI is InChI=1S/C19H13F5N6O2/c20-13-4-11-12(6-27-15(11)5-14(13)21)17-16(18(25)31)28-29-30(17)10-1-2-26-9(3-10)7-32-8-19(22,23)24/h1-6,27H,7-8H2,(H2,25,31). The van der Waals surface area contributed by atoms with E-state index in [4.69, 9.17) is 5.73 Å². The van der Waals surface area contributed by atoms with Gasteiger partial charge in [0.25, 0.3) is 5.91 Å². The van der Waals surface area contributed by atoms with Gasteiger partial charge >= 0.3 is 6.18 Å². The first-order valence-corrected chi connectivity index (χ1v) is 8.96. The maximum absolute atomic E-state index is 13.9. The van der Waals surface area contributed by atoms with Crippen LogP contribution in [0.5, 0.6) is 0 Å². The number of aromatic nitrogens is 5. The zero-order chi connectivity index (χ0) is 23.0. The number of fused-ring (bicyclic) bond motifs is 1. The van der Waals surface area contributed by atoms with Crippen molar-refractivity contribution in [2.24, 2.45) is 5.73 Å². The number of amides is 1. The summed E-state index contributed by atoms with van der Waals surface area (Å²) < 4.78 is 70.2. The zero-order valence-electron chi connectivity index (χ0n) is 16.0. The molecule has 0 saturated carbocycles. The number of alkyl halides is 3. The minimum Gasteiger partial charge on any atom is -0.366 e. The maximum Gasteiger partial charge on any atom is 0.411 e. The summed E-state index contributed by atoms with van der Waals surface area (Å²) in [6.45, 7) is -1.88. The van der Waals surface area contributed by atoms with Gasteiger partial charge in [-0.15, -0.1) is 5.10 Å². The lowest BCUT2D eigenvalue weighted by molar-refractivity contribution is -0.176. The normalized spacial score (nSPS) is 11.9. The molecular formula is C19H13F5N6O2. The Morgan fingerprint density at radius 3 is 2.66 bits per heavy atom.